The number of aromatic nitrogens is 2. The van der Waals surface area contributed by atoms with Crippen molar-refractivity contribution in [1.29, 1.82) is 0 Å². The second-order valence-corrected chi connectivity index (χ2v) is 7.44. The lowest BCUT2D eigenvalue weighted by atomic mass is 9.86. The van der Waals surface area contributed by atoms with E-state index in [0.29, 0.717) is 0 Å². The molecule has 3 rings (SSSR count). The van der Waals surface area contributed by atoms with Crippen LogP contribution >= 0.6 is 15.9 Å². The summed E-state index contributed by atoms with van der Waals surface area (Å²) in [6, 6.07) is 1.85. The molecule has 2 aromatic heterocycles. The number of H-pyrrole nitrogens is 1. The molecule has 3 heterocycles. The first kappa shape index (κ1) is 15.3. The number of halogens is 1. The molecule has 0 radical (unpaired) electrons. The van der Waals surface area contributed by atoms with E-state index in [9.17, 15) is 9.90 Å². The SMILES string of the molecule is CC(C)(C)OC(=O)N1CC(O)(c2c[nH]c3cc(Br)ncc23)C1. The molecule has 7 heteroatoms. The van der Waals surface area contributed by atoms with Gasteiger partial charge in [0.15, 0.2) is 0 Å². The van der Waals surface area contributed by atoms with Gasteiger partial charge in [-0.25, -0.2) is 9.78 Å². The molecule has 0 unspecified atom stereocenters. The van der Waals surface area contributed by atoms with E-state index in [-0.39, 0.29) is 13.1 Å². The number of amides is 1. The van der Waals surface area contributed by atoms with Crippen LogP contribution in [0.4, 0.5) is 4.79 Å². The van der Waals surface area contributed by atoms with Crippen molar-refractivity contribution in [1.82, 2.24) is 14.9 Å². The van der Waals surface area contributed by atoms with E-state index in [1.54, 1.807) is 12.4 Å². The van der Waals surface area contributed by atoms with Gasteiger partial charge in [-0.15, -0.1) is 0 Å². The summed E-state index contributed by atoms with van der Waals surface area (Å²) >= 11 is 3.32. The molecule has 2 N–H and O–H groups in total. The molecule has 0 bridgehead atoms. The summed E-state index contributed by atoms with van der Waals surface area (Å²) in [7, 11) is 0. The topological polar surface area (TPSA) is 78.5 Å². The van der Waals surface area contributed by atoms with Gasteiger partial charge in [0.1, 0.15) is 15.8 Å². The maximum atomic E-state index is 12.0. The zero-order valence-corrected chi connectivity index (χ0v) is 14.3. The number of likely N-dealkylation sites (tertiary alicyclic amines) is 1. The molecule has 22 heavy (non-hydrogen) atoms. The highest BCUT2D eigenvalue weighted by Crippen LogP contribution is 2.37. The van der Waals surface area contributed by atoms with Crippen LogP contribution in [-0.2, 0) is 10.3 Å². The summed E-state index contributed by atoms with van der Waals surface area (Å²) in [6.45, 7) is 5.89. The molecule has 0 atom stereocenters. The van der Waals surface area contributed by atoms with Crippen LogP contribution in [0.3, 0.4) is 0 Å². The number of nitrogens with one attached hydrogen (secondary N) is 1. The monoisotopic (exact) mass is 367 g/mol. The highest BCUT2D eigenvalue weighted by Gasteiger charge is 2.47. The number of ether oxygens (including phenoxy) is 1. The molecule has 1 aliphatic rings. The van der Waals surface area contributed by atoms with E-state index >= 15 is 0 Å². The highest BCUT2D eigenvalue weighted by atomic mass is 79.9. The van der Waals surface area contributed by atoms with Crippen molar-refractivity contribution >= 4 is 32.9 Å². The van der Waals surface area contributed by atoms with Gasteiger partial charge in [0.2, 0.25) is 0 Å². The summed E-state index contributed by atoms with van der Waals surface area (Å²) in [5.41, 5.74) is 0.0372. The van der Waals surface area contributed by atoms with Gasteiger partial charge in [-0.1, -0.05) is 0 Å². The minimum Gasteiger partial charge on any atom is -0.444 e. The van der Waals surface area contributed by atoms with Crippen LogP contribution in [0.2, 0.25) is 0 Å². The van der Waals surface area contributed by atoms with Crippen LogP contribution in [0.15, 0.2) is 23.1 Å². The molecule has 1 saturated heterocycles. The first-order valence-corrected chi connectivity index (χ1v) is 7.81. The van der Waals surface area contributed by atoms with E-state index in [1.165, 1.54) is 4.90 Å². The smallest absolute Gasteiger partial charge is 0.410 e. The van der Waals surface area contributed by atoms with Gasteiger partial charge < -0.3 is 19.7 Å². The van der Waals surface area contributed by atoms with Crippen molar-refractivity contribution in [3.05, 3.63) is 28.6 Å². The first-order chi connectivity index (χ1) is 10.2. The molecule has 1 amide bonds. The van der Waals surface area contributed by atoms with Crippen molar-refractivity contribution in [3.8, 4) is 0 Å². The number of hydrogen-bond donors (Lipinski definition) is 2. The Bertz CT molecular complexity index is 729. The Morgan fingerprint density at radius 1 is 1.50 bits per heavy atom. The third kappa shape index (κ3) is 2.70. The maximum Gasteiger partial charge on any atom is 0.410 e. The molecule has 0 spiro atoms. The minimum absolute atomic E-state index is 0.213. The van der Waals surface area contributed by atoms with Crippen LogP contribution in [0.25, 0.3) is 10.9 Å². The molecular formula is C15H18BrN3O3. The average Bonchev–Trinajstić information content (AvgIpc) is 2.75. The van der Waals surface area contributed by atoms with E-state index < -0.39 is 17.3 Å². The quantitative estimate of drug-likeness (QED) is 0.759. The number of pyridine rings is 1. The fourth-order valence-electron chi connectivity index (χ4n) is 2.59. The van der Waals surface area contributed by atoms with Crippen molar-refractivity contribution < 1.29 is 14.6 Å². The number of carbonyl (C=O) groups excluding carboxylic acids is 1. The fourth-order valence-corrected chi connectivity index (χ4v) is 2.92. The number of nitrogens with zero attached hydrogens (tertiary/aromatic N) is 2. The van der Waals surface area contributed by atoms with Crippen LogP contribution < -0.4 is 0 Å². The predicted octanol–water partition coefficient (Wildman–Crippen LogP) is 2.76. The summed E-state index contributed by atoms with van der Waals surface area (Å²) in [4.78, 5) is 20.8. The number of aliphatic hydroxyl groups is 1. The Morgan fingerprint density at radius 2 is 2.18 bits per heavy atom. The van der Waals surface area contributed by atoms with Crippen molar-refractivity contribution in [2.75, 3.05) is 13.1 Å². The summed E-state index contributed by atoms with van der Waals surface area (Å²) in [6.07, 6.45) is 3.07. The Kier molecular flexibility index (Phi) is 3.45. The number of hydrogen-bond acceptors (Lipinski definition) is 4. The molecule has 6 nitrogen and oxygen atoms in total. The largest absolute Gasteiger partial charge is 0.444 e. The van der Waals surface area contributed by atoms with Gasteiger partial charge in [0.25, 0.3) is 0 Å². The molecular weight excluding hydrogens is 350 g/mol. The lowest BCUT2D eigenvalue weighted by Gasteiger charge is -2.46. The standard InChI is InChI=1S/C15H18BrN3O3/c1-14(2,3)22-13(20)19-7-15(21,8-19)10-6-17-11-4-12(16)18-5-9(10)11/h4-6,17,21H,7-8H2,1-3H3. The Balaban J connectivity index is 1.78. The Morgan fingerprint density at radius 3 is 2.82 bits per heavy atom. The summed E-state index contributed by atoms with van der Waals surface area (Å²) in [5.74, 6) is 0. The van der Waals surface area contributed by atoms with Gasteiger partial charge in [0, 0.05) is 23.3 Å². The maximum absolute atomic E-state index is 12.0. The van der Waals surface area contributed by atoms with Crippen LogP contribution in [0.1, 0.15) is 26.3 Å². The molecule has 0 aromatic carbocycles. The molecule has 0 saturated carbocycles. The number of β-amino-alcohol motifs (C(OH)–C–C–N with tert-alkyl or cyclic N) is 1. The number of carbonyl (C=O) groups is 1. The molecule has 2 aromatic rings. The number of rotatable bonds is 1. The van der Waals surface area contributed by atoms with Crippen LogP contribution in [-0.4, -0.2) is 44.8 Å². The molecule has 118 valence electrons. The van der Waals surface area contributed by atoms with Gasteiger partial charge in [-0.3, -0.25) is 0 Å². The van der Waals surface area contributed by atoms with Crippen LogP contribution in [0, 0.1) is 0 Å². The highest BCUT2D eigenvalue weighted by molar-refractivity contribution is 9.10. The second-order valence-electron chi connectivity index (χ2n) is 6.62. The zero-order chi connectivity index (χ0) is 16.1. The van der Waals surface area contributed by atoms with Crippen molar-refractivity contribution in [3.63, 3.8) is 0 Å². The van der Waals surface area contributed by atoms with Gasteiger partial charge in [0.05, 0.1) is 18.6 Å². The first-order valence-electron chi connectivity index (χ1n) is 7.01. The normalized spacial score (nSPS) is 17.4. The molecule has 0 aliphatic carbocycles. The Hall–Kier alpha value is -1.60. The third-order valence-electron chi connectivity index (χ3n) is 3.59. The lowest BCUT2D eigenvalue weighted by molar-refractivity contribution is -0.102. The zero-order valence-electron chi connectivity index (χ0n) is 12.7. The average molecular weight is 368 g/mol. The van der Waals surface area contributed by atoms with Crippen molar-refractivity contribution in [2.45, 2.75) is 32.0 Å². The minimum atomic E-state index is -1.06. The van der Waals surface area contributed by atoms with E-state index in [2.05, 4.69) is 25.9 Å². The Labute approximate surface area is 136 Å². The number of aromatic amines is 1. The van der Waals surface area contributed by atoms with E-state index in [0.717, 1.165) is 21.1 Å². The third-order valence-corrected chi connectivity index (χ3v) is 4.02. The van der Waals surface area contributed by atoms with Crippen LogP contribution in [0.5, 0.6) is 0 Å². The summed E-state index contributed by atoms with van der Waals surface area (Å²) < 4.78 is 6.03. The lowest BCUT2D eigenvalue weighted by Crippen LogP contribution is -2.61. The number of fused-ring (bicyclic) bond motifs is 1. The fraction of sp³-hybridized carbons (Fsp3) is 0.467. The summed E-state index contributed by atoms with van der Waals surface area (Å²) in [5, 5.41) is 11.6. The van der Waals surface area contributed by atoms with Gasteiger partial charge in [-0.2, -0.15) is 0 Å². The molecule has 1 fully saturated rings. The molecule has 1 aliphatic heterocycles. The van der Waals surface area contributed by atoms with Crippen molar-refractivity contribution in [2.24, 2.45) is 0 Å². The predicted molar refractivity (Wildman–Crippen MR) is 85.5 cm³/mol. The second kappa shape index (κ2) is 4.96. The van der Waals surface area contributed by atoms with Gasteiger partial charge in [-0.05, 0) is 42.8 Å². The van der Waals surface area contributed by atoms with E-state index in [4.69, 9.17) is 4.74 Å². The van der Waals surface area contributed by atoms with E-state index in [1.807, 2.05) is 26.8 Å². The van der Waals surface area contributed by atoms with Gasteiger partial charge >= 0.3 is 6.09 Å².